The van der Waals surface area contributed by atoms with Gasteiger partial charge in [-0.2, -0.15) is 13.2 Å². The number of benzene rings is 1. The molecule has 1 aromatic carbocycles. The molecule has 0 saturated carbocycles. The van der Waals surface area contributed by atoms with Crippen molar-refractivity contribution < 1.29 is 13.2 Å². The molecular weight excluding hydrogens is 526 g/mol. The largest absolute Gasteiger partial charge is 0.416 e. The van der Waals surface area contributed by atoms with Crippen molar-refractivity contribution in [3.8, 4) is 0 Å². The summed E-state index contributed by atoms with van der Waals surface area (Å²) in [4.78, 5) is 12.3. The van der Waals surface area contributed by atoms with E-state index in [4.69, 9.17) is 0 Å². The van der Waals surface area contributed by atoms with E-state index in [1.54, 1.807) is 30.5 Å². The Morgan fingerprint density at radius 1 is 1.27 bits per heavy atom. The van der Waals surface area contributed by atoms with E-state index in [0.29, 0.717) is 13.1 Å². The zero-order chi connectivity index (χ0) is 21.0. The molecule has 1 aromatic heterocycles. The second-order valence-corrected chi connectivity index (χ2v) is 8.52. The number of aryl methyl sites for hydroxylation is 2. The lowest BCUT2D eigenvalue weighted by Gasteiger charge is -2.19. The van der Waals surface area contributed by atoms with Crippen molar-refractivity contribution in [2.24, 2.45) is 4.99 Å². The predicted molar refractivity (Wildman–Crippen MR) is 125 cm³/mol. The summed E-state index contributed by atoms with van der Waals surface area (Å²) in [6.07, 6.45) is -3.34. The molecule has 10 heteroatoms. The van der Waals surface area contributed by atoms with Crippen LogP contribution in [0.25, 0.3) is 0 Å². The van der Waals surface area contributed by atoms with E-state index in [0.717, 1.165) is 53.9 Å². The van der Waals surface area contributed by atoms with Crippen LogP contribution in [0.3, 0.4) is 0 Å². The minimum atomic E-state index is -4.29. The molecule has 1 saturated heterocycles. The molecular formula is C20H27F3IN5S. The van der Waals surface area contributed by atoms with E-state index < -0.39 is 11.7 Å². The van der Waals surface area contributed by atoms with Gasteiger partial charge in [0.1, 0.15) is 5.01 Å². The highest BCUT2D eigenvalue weighted by Crippen LogP contribution is 2.29. The van der Waals surface area contributed by atoms with Gasteiger partial charge in [-0.3, -0.25) is 9.89 Å². The fraction of sp³-hybridized carbons (Fsp3) is 0.500. The SMILES string of the molecule is CN=C(NCc1nc(C)c(C)s1)NC1CCN(Cc2ccc(C(F)(F)F)cc2)C1.I. The first kappa shape index (κ1) is 24.9. The summed E-state index contributed by atoms with van der Waals surface area (Å²) < 4.78 is 38.1. The number of hydrogen-bond acceptors (Lipinski definition) is 4. The van der Waals surface area contributed by atoms with Gasteiger partial charge in [0.2, 0.25) is 0 Å². The van der Waals surface area contributed by atoms with Gasteiger partial charge in [-0.05, 0) is 38.0 Å². The Kier molecular flexibility index (Phi) is 8.92. The molecule has 3 rings (SSSR count). The maximum absolute atomic E-state index is 12.7. The molecule has 5 nitrogen and oxygen atoms in total. The molecule has 166 valence electrons. The molecule has 0 spiro atoms. The highest BCUT2D eigenvalue weighted by atomic mass is 127. The van der Waals surface area contributed by atoms with Gasteiger partial charge in [-0.1, -0.05) is 12.1 Å². The lowest BCUT2D eigenvalue weighted by atomic mass is 10.1. The number of hydrogen-bond donors (Lipinski definition) is 2. The Hall–Kier alpha value is -1.40. The van der Waals surface area contributed by atoms with Crippen LogP contribution in [0, 0.1) is 13.8 Å². The number of rotatable bonds is 5. The fourth-order valence-electron chi connectivity index (χ4n) is 3.31. The molecule has 30 heavy (non-hydrogen) atoms. The lowest BCUT2D eigenvalue weighted by molar-refractivity contribution is -0.137. The maximum Gasteiger partial charge on any atom is 0.416 e. The third-order valence-corrected chi connectivity index (χ3v) is 6.08. The average molecular weight is 553 g/mol. The van der Waals surface area contributed by atoms with Crippen LogP contribution in [0.2, 0.25) is 0 Å². The molecule has 0 radical (unpaired) electrons. The van der Waals surface area contributed by atoms with E-state index in [1.807, 2.05) is 6.92 Å². The summed E-state index contributed by atoms with van der Waals surface area (Å²) in [5.74, 6) is 0.733. The van der Waals surface area contributed by atoms with Crippen molar-refractivity contribution in [1.29, 1.82) is 0 Å². The Morgan fingerprint density at radius 3 is 2.53 bits per heavy atom. The first-order valence-corrected chi connectivity index (χ1v) is 10.3. The molecule has 0 aliphatic carbocycles. The fourth-order valence-corrected chi connectivity index (χ4v) is 4.19. The van der Waals surface area contributed by atoms with Crippen LogP contribution in [0.5, 0.6) is 0 Å². The van der Waals surface area contributed by atoms with Crippen molar-refractivity contribution in [3.63, 3.8) is 0 Å². The van der Waals surface area contributed by atoms with E-state index >= 15 is 0 Å². The number of thiazole rings is 1. The quantitative estimate of drug-likeness (QED) is 0.329. The van der Waals surface area contributed by atoms with E-state index in [-0.39, 0.29) is 30.0 Å². The van der Waals surface area contributed by atoms with Gasteiger partial charge in [0.05, 0.1) is 17.8 Å². The van der Waals surface area contributed by atoms with Gasteiger partial charge < -0.3 is 10.6 Å². The smallest absolute Gasteiger partial charge is 0.352 e. The number of nitrogens with zero attached hydrogens (tertiary/aromatic N) is 3. The second kappa shape index (κ2) is 10.8. The van der Waals surface area contributed by atoms with Crippen LogP contribution in [0.1, 0.15) is 33.1 Å². The van der Waals surface area contributed by atoms with Crippen LogP contribution >= 0.6 is 35.3 Å². The molecule has 1 fully saturated rings. The Balaban J connectivity index is 0.00000320. The van der Waals surface area contributed by atoms with Gasteiger partial charge >= 0.3 is 6.18 Å². The second-order valence-electron chi connectivity index (χ2n) is 7.23. The minimum Gasteiger partial charge on any atom is -0.352 e. The van der Waals surface area contributed by atoms with Crippen molar-refractivity contribution in [2.75, 3.05) is 20.1 Å². The molecule has 2 N–H and O–H groups in total. The standard InChI is InChI=1S/C20H26F3N5S.HI/c1-13-14(2)29-18(26-13)10-25-19(24-3)27-17-8-9-28(12-17)11-15-4-6-16(7-5-15)20(21,22)23;/h4-7,17H,8-12H2,1-3H3,(H2,24,25,27);1H. The number of aromatic nitrogens is 1. The van der Waals surface area contributed by atoms with Crippen LogP contribution in [-0.4, -0.2) is 42.0 Å². The summed E-state index contributed by atoms with van der Waals surface area (Å²) in [6, 6.07) is 5.66. The van der Waals surface area contributed by atoms with Crippen molar-refractivity contribution in [1.82, 2.24) is 20.5 Å². The zero-order valence-electron chi connectivity index (χ0n) is 17.2. The highest BCUT2D eigenvalue weighted by Gasteiger charge is 2.30. The summed E-state index contributed by atoms with van der Waals surface area (Å²) in [7, 11) is 1.74. The highest BCUT2D eigenvalue weighted by molar-refractivity contribution is 14.0. The Morgan fingerprint density at radius 2 is 1.97 bits per heavy atom. The zero-order valence-corrected chi connectivity index (χ0v) is 20.4. The third-order valence-electron chi connectivity index (χ3n) is 5.00. The van der Waals surface area contributed by atoms with Gasteiger partial charge in [-0.25, -0.2) is 4.98 Å². The molecule has 1 aliphatic rings. The maximum atomic E-state index is 12.7. The number of nitrogens with one attached hydrogen (secondary N) is 2. The van der Waals surface area contributed by atoms with Gasteiger partial charge in [-0.15, -0.1) is 35.3 Å². The monoisotopic (exact) mass is 553 g/mol. The Bertz CT molecular complexity index is 832. The van der Waals surface area contributed by atoms with Crippen molar-refractivity contribution in [3.05, 3.63) is 51.0 Å². The molecule has 1 atom stereocenters. The molecule has 1 unspecified atom stereocenters. The summed E-state index contributed by atoms with van der Waals surface area (Å²) >= 11 is 1.68. The normalized spacial score (nSPS) is 17.7. The van der Waals surface area contributed by atoms with Gasteiger partial charge in [0, 0.05) is 37.6 Å². The van der Waals surface area contributed by atoms with E-state index in [9.17, 15) is 13.2 Å². The third kappa shape index (κ3) is 6.81. The lowest BCUT2D eigenvalue weighted by Crippen LogP contribution is -2.44. The Labute approximate surface area is 196 Å². The van der Waals surface area contributed by atoms with Crippen molar-refractivity contribution in [2.45, 2.75) is 45.6 Å². The minimum absolute atomic E-state index is 0. The van der Waals surface area contributed by atoms with Gasteiger partial charge in [0.15, 0.2) is 5.96 Å². The molecule has 0 bridgehead atoms. The van der Waals surface area contributed by atoms with Crippen molar-refractivity contribution >= 4 is 41.3 Å². The van der Waals surface area contributed by atoms with Crippen LogP contribution in [0.15, 0.2) is 29.3 Å². The summed E-state index contributed by atoms with van der Waals surface area (Å²) in [6.45, 7) is 7.04. The number of alkyl halides is 3. The average Bonchev–Trinajstić information content (AvgIpc) is 3.24. The molecule has 2 aromatic rings. The number of guanidine groups is 1. The summed E-state index contributed by atoms with van der Waals surface area (Å²) in [5, 5.41) is 7.75. The van der Waals surface area contributed by atoms with Crippen LogP contribution < -0.4 is 10.6 Å². The first-order valence-electron chi connectivity index (χ1n) is 9.53. The topological polar surface area (TPSA) is 52.6 Å². The molecule has 0 amide bonds. The van der Waals surface area contributed by atoms with Crippen LogP contribution in [0.4, 0.5) is 13.2 Å². The molecule has 1 aliphatic heterocycles. The van der Waals surface area contributed by atoms with Crippen LogP contribution in [-0.2, 0) is 19.3 Å². The number of aliphatic imine (C=N–C) groups is 1. The van der Waals surface area contributed by atoms with Gasteiger partial charge in [0.25, 0.3) is 0 Å². The summed E-state index contributed by atoms with van der Waals surface area (Å²) in [5.41, 5.74) is 1.34. The van der Waals surface area contributed by atoms with E-state index in [2.05, 4.69) is 32.4 Å². The first-order chi connectivity index (χ1) is 13.7. The number of likely N-dealkylation sites (tertiary alicyclic amines) is 1. The number of halogens is 4. The van der Waals surface area contributed by atoms with E-state index in [1.165, 1.54) is 4.88 Å². The predicted octanol–water partition coefficient (Wildman–Crippen LogP) is 4.34. The molecule has 2 heterocycles.